The van der Waals surface area contributed by atoms with Gasteiger partial charge in [0.25, 0.3) is 0 Å². The zero-order valence-electron chi connectivity index (χ0n) is 21.8. The van der Waals surface area contributed by atoms with Crippen LogP contribution in [0.2, 0.25) is 0 Å². The number of unbranched alkanes of at least 4 members (excludes halogenated alkanes) is 1. The zero-order chi connectivity index (χ0) is 28.8. The Morgan fingerprint density at radius 1 is 0.868 bits per heavy atom. The molecule has 0 bridgehead atoms. The maximum atomic E-state index is 13.2. The fraction of sp³-hybridized carbons (Fsp3) is 0.560. The number of benzene rings is 1. The van der Waals surface area contributed by atoms with E-state index in [1.807, 2.05) is 0 Å². The average Bonchev–Trinajstić information content (AvgIpc) is 2.85. The Kier molecular flexibility index (Phi) is 13.8. The molecule has 0 saturated heterocycles. The number of nitrogens with one attached hydrogen (secondary N) is 3. The van der Waals surface area contributed by atoms with Crippen molar-refractivity contribution >= 4 is 29.6 Å². The molecule has 13 heteroatoms. The van der Waals surface area contributed by atoms with Crippen LogP contribution in [0.5, 0.6) is 5.75 Å². The van der Waals surface area contributed by atoms with Gasteiger partial charge in [0.1, 0.15) is 23.9 Å². The Bertz CT molecular complexity index is 954. The molecule has 1 aromatic carbocycles. The number of rotatable bonds is 17. The van der Waals surface area contributed by atoms with Gasteiger partial charge in [0.15, 0.2) is 0 Å². The predicted molar refractivity (Wildman–Crippen MR) is 139 cm³/mol. The number of aromatic hydroxyl groups is 1. The Hall–Kier alpha value is -3.71. The quantitative estimate of drug-likeness (QED) is 0.112. The summed E-state index contributed by atoms with van der Waals surface area (Å²) in [7, 11) is 0. The van der Waals surface area contributed by atoms with E-state index in [0.717, 1.165) is 0 Å². The van der Waals surface area contributed by atoms with E-state index in [-0.39, 0.29) is 31.4 Å². The highest BCUT2D eigenvalue weighted by atomic mass is 16.4. The normalized spacial score (nSPS) is 14.1. The van der Waals surface area contributed by atoms with E-state index in [1.165, 1.54) is 12.1 Å². The molecule has 0 fully saturated rings. The number of nitrogens with two attached hydrogens (primary N) is 3. The number of phenolic OH excluding ortho intramolecular Hbond substituents is 1. The highest BCUT2D eigenvalue weighted by Gasteiger charge is 2.31. The summed E-state index contributed by atoms with van der Waals surface area (Å²) in [6, 6.07) is 1.69. The second-order valence-electron chi connectivity index (χ2n) is 9.45. The summed E-state index contributed by atoms with van der Waals surface area (Å²) in [6.07, 6.45) is 1.06. The van der Waals surface area contributed by atoms with Crippen LogP contribution < -0.4 is 33.2 Å². The lowest BCUT2D eigenvalue weighted by molar-refractivity contribution is -0.137. The van der Waals surface area contributed by atoms with Crippen molar-refractivity contribution < 1.29 is 34.2 Å². The van der Waals surface area contributed by atoms with Crippen LogP contribution in [-0.2, 0) is 30.4 Å². The fourth-order valence-electron chi connectivity index (χ4n) is 3.59. The van der Waals surface area contributed by atoms with Crippen molar-refractivity contribution in [1.82, 2.24) is 16.0 Å². The predicted octanol–water partition coefficient (Wildman–Crippen LogP) is -1.15. The molecular weight excluding hydrogens is 496 g/mol. The summed E-state index contributed by atoms with van der Waals surface area (Å²) in [4.78, 5) is 61.6. The number of hydrogen-bond donors (Lipinski definition) is 8. The molecule has 0 aliphatic heterocycles. The number of primary amides is 1. The molecule has 0 heterocycles. The third-order valence-corrected chi connectivity index (χ3v) is 5.87. The van der Waals surface area contributed by atoms with Crippen LogP contribution in [-0.4, -0.2) is 70.5 Å². The molecule has 0 unspecified atom stereocenters. The molecule has 11 N–H and O–H groups in total. The molecule has 0 aliphatic rings. The lowest BCUT2D eigenvalue weighted by Gasteiger charge is -2.27. The standard InChI is InChI=1S/C25H40N6O7/c1-14(2)21(31-23(36)17(27)10-11-20(33)34)25(38)30-19(13-15-6-8-16(32)9-7-15)24(37)29-18(22(28)35)5-3-4-12-26/h6-9,14,17-19,21,32H,3-5,10-13,26-27H2,1-2H3,(H2,28,35)(H,29,37)(H,30,38)(H,31,36)(H,33,34)/t17-,18-,19-,21-/m0/s1. The summed E-state index contributed by atoms with van der Waals surface area (Å²) >= 11 is 0. The van der Waals surface area contributed by atoms with Crippen molar-refractivity contribution in [2.45, 2.75) is 76.5 Å². The van der Waals surface area contributed by atoms with Gasteiger partial charge < -0.3 is 43.4 Å². The molecule has 38 heavy (non-hydrogen) atoms. The van der Waals surface area contributed by atoms with E-state index >= 15 is 0 Å². The van der Waals surface area contributed by atoms with Crippen molar-refractivity contribution in [3.05, 3.63) is 29.8 Å². The minimum Gasteiger partial charge on any atom is -0.508 e. The first-order chi connectivity index (χ1) is 17.8. The van der Waals surface area contributed by atoms with E-state index in [9.17, 15) is 29.1 Å². The van der Waals surface area contributed by atoms with Crippen molar-refractivity contribution in [2.24, 2.45) is 23.1 Å². The van der Waals surface area contributed by atoms with Gasteiger partial charge in [-0.2, -0.15) is 0 Å². The van der Waals surface area contributed by atoms with E-state index in [0.29, 0.717) is 24.9 Å². The Morgan fingerprint density at radius 3 is 2.00 bits per heavy atom. The monoisotopic (exact) mass is 536 g/mol. The van der Waals surface area contributed by atoms with Gasteiger partial charge in [-0.3, -0.25) is 24.0 Å². The van der Waals surface area contributed by atoms with Gasteiger partial charge in [-0.15, -0.1) is 0 Å². The minimum atomic E-state index is -1.15. The molecule has 212 valence electrons. The van der Waals surface area contributed by atoms with Crippen LogP contribution in [0.1, 0.15) is 51.5 Å². The van der Waals surface area contributed by atoms with Crippen LogP contribution in [0.3, 0.4) is 0 Å². The van der Waals surface area contributed by atoms with Crippen molar-refractivity contribution in [2.75, 3.05) is 6.54 Å². The molecule has 1 aromatic rings. The molecule has 0 saturated carbocycles. The third kappa shape index (κ3) is 11.6. The average molecular weight is 537 g/mol. The highest BCUT2D eigenvalue weighted by molar-refractivity contribution is 5.94. The summed E-state index contributed by atoms with van der Waals surface area (Å²) in [5, 5.41) is 26.1. The van der Waals surface area contributed by atoms with Crippen LogP contribution in [0, 0.1) is 5.92 Å². The third-order valence-electron chi connectivity index (χ3n) is 5.87. The second-order valence-corrected chi connectivity index (χ2v) is 9.45. The van der Waals surface area contributed by atoms with E-state index in [4.69, 9.17) is 22.3 Å². The molecule has 0 aliphatic carbocycles. The van der Waals surface area contributed by atoms with Crippen LogP contribution in [0.25, 0.3) is 0 Å². The van der Waals surface area contributed by atoms with Gasteiger partial charge in [-0.05, 0) is 55.8 Å². The van der Waals surface area contributed by atoms with Crippen LogP contribution in [0.4, 0.5) is 0 Å². The topological polar surface area (TPSA) is 240 Å². The molecule has 1 rings (SSSR count). The van der Waals surface area contributed by atoms with Gasteiger partial charge in [-0.1, -0.05) is 26.0 Å². The van der Waals surface area contributed by atoms with Crippen LogP contribution in [0.15, 0.2) is 24.3 Å². The summed E-state index contributed by atoms with van der Waals surface area (Å²) in [5.41, 5.74) is 17.3. The number of phenols is 1. The number of carboxylic acids is 1. The molecule has 4 atom stereocenters. The lowest BCUT2D eigenvalue weighted by atomic mass is 9.99. The van der Waals surface area contributed by atoms with Crippen molar-refractivity contribution in [1.29, 1.82) is 0 Å². The minimum absolute atomic E-state index is 0.0169. The number of carboxylic acid groups (broad SMARTS) is 1. The number of carbonyl (C=O) groups excluding carboxylic acids is 4. The lowest BCUT2D eigenvalue weighted by Crippen LogP contribution is -2.59. The van der Waals surface area contributed by atoms with Gasteiger partial charge in [-0.25, -0.2) is 0 Å². The first-order valence-corrected chi connectivity index (χ1v) is 12.5. The highest BCUT2D eigenvalue weighted by Crippen LogP contribution is 2.13. The van der Waals surface area contributed by atoms with Gasteiger partial charge >= 0.3 is 5.97 Å². The Balaban J connectivity index is 3.08. The summed E-state index contributed by atoms with van der Waals surface area (Å²) < 4.78 is 0. The maximum absolute atomic E-state index is 13.2. The smallest absolute Gasteiger partial charge is 0.303 e. The first kappa shape index (κ1) is 32.3. The largest absolute Gasteiger partial charge is 0.508 e. The van der Waals surface area contributed by atoms with Gasteiger partial charge in [0, 0.05) is 12.8 Å². The first-order valence-electron chi connectivity index (χ1n) is 12.5. The van der Waals surface area contributed by atoms with Gasteiger partial charge in [0.05, 0.1) is 6.04 Å². The Labute approximate surface area is 221 Å². The molecular formula is C25H40N6O7. The van der Waals surface area contributed by atoms with Crippen molar-refractivity contribution in [3.8, 4) is 5.75 Å². The molecule has 0 spiro atoms. The number of carbonyl (C=O) groups is 5. The molecule has 0 radical (unpaired) electrons. The van der Waals surface area contributed by atoms with Crippen LogP contribution >= 0.6 is 0 Å². The van der Waals surface area contributed by atoms with Crippen molar-refractivity contribution in [3.63, 3.8) is 0 Å². The second kappa shape index (κ2) is 16.2. The number of hydrogen-bond acceptors (Lipinski definition) is 8. The van der Waals surface area contributed by atoms with E-state index < -0.39 is 59.7 Å². The summed E-state index contributed by atoms with van der Waals surface area (Å²) in [5.74, 6) is -4.24. The maximum Gasteiger partial charge on any atom is 0.303 e. The van der Waals surface area contributed by atoms with Gasteiger partial charge in [0.2, 0.25) is 23.6 Å². The summed E-state index contributed by atoms with van der Waals surface area (Å²) in [6.45, 7) is 3.78. The molecule has 0 aromatic heterocycles. The number of amides is 4. The molecule has 4 amide bonds. The molecule has 13 nitrogen and oxygen atoms in total. The SMILES string of the molecule is CC(C)[C@H](NC(=O)[C@@H](N)CCC(=O)O)C(=O)N[C@@H](Cc1ccc(O)cc1)C(=O)N[C@@H](CCCCN)C(N)=O. The zero-order valence-corrected chi connectivity index (χ0v) is 21.8. The van der Waals surface area contributed by atoms with E-state index in [2.05, 4.69) is 16.0 Å². The number of aliphatic carboxylic acids is 1. The Morgan fingerprint density at radius 2 is 1.47 bits per heavy atom. The van der Waals surface area contributed by atoms with E-state index in [1.54, 1.807) is 26.0 Å². The fourth-order valence-corrected chi connectivity index (χ4v) is 3.59.